The molecule has 2 rings (SSSR count). The Morgan fingerprint density at radius 1 is 1.35 bits per heavy atom. The molecule has 0 radical (unpaired) electrons. The first-order chi connectivity index (χ1) is 9.28. The van der Waals surface area contributed by atoms with Crippen LogP contribution in [0.2, 0.25) is 0 Å². The zero-order valence-electron chi connectivity index (χ0n) is 11.5. The number of nitrogens with one attached hydrogen (secondary N) is 1. The van der Waals surface area contributed by atoms with Crippen LogP contribution in [0.15, 0.2) is 0 Å². The Kier molecular flexibility index (Phi) is 4.59. The highest BCUT2D eigenvalue weighted by atomic mass is 19.4. The van der Waals surface area contributed by atoms with Crippen molar-refractivity contribution < 1.29 is 27.4 Å². The highest BCUT2D eigenvalue weighted by molar-refractivity contribution is 5.76. The van der Waals surface area contributed by atoms with Gasteiger partial charge < -0.3 is 14.8 Å². The lowest BCUT2D eigenvalue weighted by Gasteiger charge is -2.34. The van der Waals surface area contributed by atoms with Gasteiger partial charge >= 0.3 is 6.18 Å². The predicted octanol–water partition coefficient (Wildman–Crippen LogP) is 2.38. The van der Waals surface area contributed by atoms with Gasteiger partial charge in [0.05, 0.1) is 6.61 Å². The Bertz CT molecular complexity index is 351. The number of halogens is 3. The van der Waals surface area contributed by atoms with E-state index in [9.17, 15) is 18.0 Å². The van der Waals surface area contributed by atoms with E-state index in [0.29, 0.717) is 12.5 Å². The van der Waals surface area contributed by atoms with Gasteiger partial charge in [-0.15, -0.1) is 0 Å². The van der Waals surface area contributed by atoms with Crippen molar-refractivity contribution in [2.24, 2.45) is 5.92 Å². The van der Waals surface area contributed by atoms with E-state index < -0.39 is 24.3 Å². The Labute approximate surface area is 116 Å². The highest BCUT2D eigenvalue weighted by Crippen LogP contribution is 2.39. The highest BCUT2D eigenvalue weighted by Gasteiger charge is 2.43. The number of carbonyl (C=O) groups excluding carboxylic acids is 1. The van der Waals surface area contributed by atoms with Crippen LogP contribution in [0.4, 0.5) is 13.2 Å². The van der Waals surface area contributed by atoms with Crippen molar-refractivity contribution in [1.82, 2.24) is 5.32 Å². The number of carbonyl (C=O) groups is 1. The summed E-state index contributed by atoms with van der Waals surface area (Å²) in [5.41, 5.74) is 0. The van der Waals surface area contributed by atoms with Gasteiger partial charge in [-0.25, -0.2) is 0 Å². The first-order valence-corrected chi connectivity index (χ1v) is 6.93. The third kappa shape index (κ3) is 4.34. The maximum atomic E-state index is 12.0. The van der Waals surface area contributed by atoms with Crippen molar-refractivity contribution in [3.05, 3.63) is 0 Å². The van der Waals surface area contributed by atoms with Crippen LogP contribution in [0.3, 0.4) is 0 Å². The predicted molar refractivity (Wildman–Crippen MR) is 64.9 cm³/mol. The molecule has 0 bridgehead atoms. The number of hydrogen-bond donors (Lipinski definition) is 1. The Morgan fingerprint density at radius 3 is 2.60 bits per heavy atom. The zero-order chi connectivity index (χ0) is 14.8. The second-order valence-electron chi connectivity index (χ2n) is 5.74. The number of ether oxygens (including phenoxy) is 2. The molecule has 2 fully saturated rings. The second-order valence-corrected chi connectivity index (χ2v) is 5.74. The molecule has 2 aliphatic rings. The summed E-state index contributed by atoms with van der Waals surface area (Å²) >= 11 is 0. The standard InChI is InChI=1S/C13H20F3NO3/c1-9-2-4-12(5-3-9)19-8-10(20-12)7-17-11(18)6-13(14,15)16/h9-10H,2-8H2,1H3,(H,17,18)/t9?,10-,12?/m0/s1. The van der Waals surface area contributed by atoms with Crippen molar-refractivity contribution in [2.45, 2.75) is 57.1 Å². The molecule has 1 heterocycles. The maximum absolute atomic E-state index is 12.0. The molecule has 1 amide bonds. The fraction of sp³-hybridized carbons (Fsp3) is 0.923. The van der Waals surface area contributed by atoms with Crippen molar-refractivity contribution in [2.75, 3.05) is 13.2 Å². The molecule has 0 aromatic carbocycles. The molecule has 1 saturated heterocycles. The lowest BCUT2D eigenvalue weighted by Crippen LogP contribution is -2.39. The van der Waals surface area contributed by atoms with E-state index in [0.717, 1.165) is 25.7 Å². The van der Waals surface area contributed by atoms with Crippen molar-refractivity contribution in [3.63, 3.8) is 0 Å². The van der Waals surface area contributed by atoms with Crippen LogP contribution in [0.5, 0.6) is 0 Å². The molecule has 1 N–H and O–H groups in total. The Morgan fingerprint density at radius 2 is 2.00 bits per heavy atom. The van der Waals surface area contributed by atoms with Crippen LogP contribution in [0.1, 0.15) is 39.0 Å². The fourth-order valence-corrected chi connectivity index (χ4v) is 2.65. The molecule has 116 valence electrons. The van der Waals surface area contributed by atoms with Crippen LogP contribution in [0, 0.1) is 5.92 Å². The lowest BCUT2D eigenvalue weighted by atomic mass is 9.86. The Hall–Kier alpha value is -0.820. The van der Waals surface area contributed by atoms with E-state index >= 15 is 0 Å². The van der Waals surface area contributed by atoms with Gasteiger partial charge in [-0.05, 0) is 18.8 Å². The largest absolute Gasteiger partial charge is 0.397 e. The summed E-state index contributed by atoms with van der Waals surface area (Å²) in [5, 5.41) is 2.25. The minimum Gasteiger partial charge on any atom is -0.353 e. The topological polar surface area (TPSA) is 47.6 Å². The van der Waals surface area contributed by atoms with Gasteiger partial charge in [0.2, 0.25) is 5.91 Å². The molecule has 20 heavy (non-hydrogen) atoms. The molecular formula is C13H20F3NO3. The van der Waals surface area contributed by atoms with Crippen LogP contribution >= 0.6 is 0 Å². The molecule has 7 heteroatoms. The summed E-state index contributed by atoms with van der Waals surface area (Å²) in [6.45, 7) is 2.56. The molecule has 0 unspecified atom stereocenters. The van der Waals surface area contributed by atoms with Crippen molar-refractivity contribution in [3.8, 4) is 0 Å². The Balaban J connectivity index is 1.72. The summed E-state index contributed by atoms with van der Waals surface area (Å²) in [6, 6.07) is 0. The van der Waals surface area contributed by atoms with E-state index in [-0.39, 0.29) is 12.6 Å². The molecule has 0 aromatic rings. The summed E-state index contributed by atoms with van der Waals surface area (Å²) in [5.74, 6) is -0.955. The van der Waals surface area contributed by atoms with Crippen molar-refractivity contribution in [1.29, 1.82) is 0 Å². The minimum absolute atomic E-state index is 0.0617. The molecule has 1 aliphatic heterocycles. The molecule has 1 spiro atoms. The van der Waals surface area contributed by atoms with E-state index in [1.165, 1.54) is 0 Å². The van der Waals surface area contributed by atoms with Gasteiger partial charge in [0, 0.05) is 19.4 Å². The summed E-state index contributed by atoms with van der Waals surface area (Å²) in [7, 11) is 0. The average Bonchev–Trinajstić information content (AvgIpc) is 2.73. The van der Waals surface area contributed by atoms with Gasteiger partial charge in [-0.1, -0.05) is 6.92 Å². The van der Waals surface area contributed by atoms with Crippen LogP contribution in [-0.4, -0.2) is 37.1 Å². The molecular weight excluding hydrogens is 275 g/mol. The van der Waals surface area contributed by atoms with Gasteiger partial charge in [0.1, 0.15) is 12.5 Å². The monoisotopic (exact) mass is 295 g/mol. The lowest BCUT2D eigenvalue weighted by molar-refractivity contribution is -0.191. The van der Waals surface area contributed by atoms with E-state index in [2.05, 4.69) is 12.2 Å². The molecule has 4 nitrogen and oxygen atoms in total. The second kappa shape index (κ2) is 5.89. The molecule has 1 atom stereocenters. The molecule has 0 aromatic heterocycles. The minimum atomic E-state index is -4.47. The average molecular weight is 295 g/mol. The van der Waals surface area contributed by atoms with E-state index in [1.54, 1.807) is 0 Å². The summed E-state index contributed by atoms with van der Waals surface area (Å²) in [4.78, 5) is 11.1. The molecule has 1 aliphatic carbocycles. The fourth-order valence-electron chi connectivity index (χ4n) is 2.65. The third-order valence-electron chi connectivity index (χ3n) is 3.84. The van der Waals surface area contributed by atoms with Crippen molar-refractivity contribution >= 4 is 5.91 Å². The SMILES string of the molecule is CC1CCC2(CC1)OC[C@H](CNC(=O)CC(F)(F)F)O2. The van der Waals surface area contributed by atoms with Crippen LogP contribution in [-0.2, 0) is 14.3 Å². The van der Waals surface area contributed by atoms with Gasteiger partial charge in [-0.3, -0.25) is 4.79 Å². The van der Waals surface area contributed by atoms with Crippen LogP contribution < -0.4 is 5.32 Å². The van der Waals surface area contributed by atoms with Gasteiger partial charge in [0.15, 0.2) is 5.79 Å². The number of rotatable bonds is 3. The van der Waals surface area contributed by atoms with Gasteiger partial charge in [-0.2, -0.15) is 13.2 Å². The van der Waals surface area contributed by atoms with Crippen LogP contribution in [0.25, 0.3) is 0 Å². The molecule has 1 saturated carbocycles. The normalized spacial score (nSPS) is 34.4. The number of amides is 1. The van der Waals surface area contributed by atoms with E-state index in [4.69, 9.17) is 9.47 Å². The third-order valence-corrected chi connectivity index (χ3v) is 3.84. The van der Waals surface area contributed by atoms with E-state index in [1.807, 2.05) is 0 Å². The number of hydrogen-bond acceptors (Lipinski definition) is 3. The zero-order valence-corrected chi connectivity index (χ0v) is 11.5. The number of alkyl halides is 3. The summed E-state index contributed by atoms with van der Waals surface area (Å²) < 4.78 is 47.5. The first kappa shape index (κ1) is 15.6. The first-order valence-electron chi connectivity index (χ1n) is 6.93. The smallest absolute Gasteiger partial charge is 0.353 e. The van der Waals surface area contributed by atoms with Gasteiger partial charge in [0.25, 0.3) is 0 Å². The quantitative estimate of drug-likeness (QED) is 0.869. The maximum Gasteiger partial charge on any atom is 0.397 e. The summed E-state index contributed by atoms with van der Waals surface area (Å²) in [6.07, 6.45) is -2.63.